The van der Waals surface area contributed by atoms with E-state index in [-0.39, 0.29) is 11.5 Å². The summed E-state index contributed by atoms with van der Waals surface area (Å²) in [7, 11) is 0. The summed E-state index contributed by atoms with van der Waals surface area (Å²) >= 11 is 0. The van der Waals surface area contributed by atoms with Gasteiger partial charge in [0.1, 0.15) is 11.3 Å². The smallest absolute Gasteiger partial charge is 0.136 e. The van der Waals surface area contributed by atoms with Gasteiger partial charge in [-0.15, -0.1) is 0 Å². The second-order valence-electron chi connectivity index (χ2n) is 16.1. The van der Waals surface area contributed by atoms with Crippen molar-refractivity contribution in [2.75, 3.05) is 4.90 Å². The Kier molecular flexibility index (Phi) is 6.93. The van der Waals surface area contributed by atoms with E-state index in [0.717, 1.165) is 50.5 Å². The SMILES string of the molecule is C1=CCC(C2=CCCC=C2N(c2cccc3oc4c(c23)CCCC4)C2C=CC3=C(C2)C2(C4=C3C=CCC4)c3ccccc3C3C=CCCC32)C=C1. The normalized spacial score (nSPS) is 30.0. The number of nitrogens with zero attached hydrogens (tertiary/aromatic N) is 1. The lowest BCUT2D eigenvalue weighted by Crippen LogP contribution is -2.42. The molecule has 2 aromatic carbocycles. The molecule has 0 bridgehead atoms. The summed E-state index contributed by atoms with van der Waals surface area (Å²) in [6, 6.07) is 16.7. The molecular weight excluding hydrogens is 619 g/mol. The van der Waals surface area contributed by atoms with Gasteiger partial charge in [0, 0.05) is 40.3 Å². The lowest BCUT2D eigenvalue weighted by Gasteiger charge is -2.45. The van der Waals surface area contributed by atoms with E-state index in [2.05, 4.69) is 120 Å². The van der Waals surface area contributed by atoms with Crippen LogP contribution in [0.25, 0.3) is 11.0 Å². The number of hydrogen-bond donors (Lipinski definition) is 0. The third kappa shape index (κ3) is 4.29. The Morgan fingerprint density at radius 2 is 1.67 bits per heavy atom. The van der Waals surface area contributed by atoms with E-state index in [9.17, 15) is 0 Å². The van der Waals surface area contributed by atoms with Gasteiger partial charge in [0.15, 0.2) is 0 Å². The first-order chi connectivity index (χ1) is 25.3. The molecule has 0 fully saturated rings. The maximum Gasteiger partial charge on any atom is 0.136 e. The fraction of sp³-hybridized carbons (Fsp3) is 0.347. The third-order valence-corrected chi connectivity index (χ3v) is 13.7. The molecule has 2 heteroatoms. The second kappa shape index (κ2) is 11.7. The molecule has 1 heterocycles. The highest BCUT2D eigenvalue weighted by molar-refractivity contribution is 5.96. The zero-order valence-electron chi connectivity index (χ0n) is 29.6. The quantitative estimate of drug-likeness (QED) is 0.258. The van der Waals surface area contributed by atoms with Crippen LogP contribution in [-0.2, 0) is 18.3 Å². The van der Waals surface area contributed by atoms with Crippen molar-refractivity contribution in [2.45, 2.75) is 94.4 Å². The Hall–Kier alpha value is -4.56. The summed E-state index contributed by atoms with van der Waals surface area (Å²) in [4.78, 5) is 2.80. The van der Waals surface area contributed by atoms with Gasteiger partial charge in [0.2, 0.25) is 0 Å². The molecule has 0 radical (unpaired) electrons. The topological polar surface area (TPSA) is 16.4 Å². The average molecular weight is 666 g/mol. The highest BCUT2D eigenvalue weighted by Crippen LogP contribution is 2.67. The van der Waals surface area contributed by atoms with Gasteiger partial charge >= 0.3 is 0 Å². The summed E-state index contributed by atoms with van der Waals surface area (Å²) in [6.07, 6.45) is 43.2. The minimum Gasteiger partial charge on any atom is -0.461 e. The van der Waals surface area contributed by atoms with Crippen molar-refractivity contribution < 1.29 is 4.42 Å². The first-order valence-corrected chi connectivity index (χ1v) is 20.0. The molecule has 0 amide bonds. The van der Waals surface area contributed by atoms with Crippen LogP contribution in [0.2, 0.25) is 0 Å². The molecule has 5 unspecified atom stereocenters. The molecule has 5 atom stereocenters. The van der Waals surface area contributed by atoms with E-state index >= 15 is 0 Å². The number of benzene rings is 2. The summed E-state index contributed by atoms with van der Waals surface area (Å²) in [5.41, 5.74) is 16.4. The van der Waals surface area contributed by atoms with Gasteiger partial charge in [0.25, 0.3) is 0 Å². The molecule has 8 aliphatic rings. The standard InChI is InChI=1S/C49H47NO/c1-2-15-32(16-3-1)34-17-7-12-25-44(34)50(45-26-14-28-47-48(45)39-21-8-13-27-46(39)51-47)33-29-30-38-37-20-6-11-24-42(37)49(43(38)31-33)40-22-9-4-18-35(40)36-19-5-10-23-41(36)49/h1-6,9,14-15,17-20,22,25-26,28-30,32-33,36,41H,7-8,10-13,16,21,23-24,27,31H2. The Bertz CT molecular complexity index is 2250. The third-order valence-electron chi connectivity index (χ3n) is 13.7. The largest absolute Gasteiger partial charge is 0.461 e. The van der Waals surface area contributed by atoms with Crippen LogP contribution in [0.3, 0.4) is 0 Å². The van der Waals surface area contributed by atoms with Crippen LogP contribution in [-0.4, -0.2) is 6.04 Å². The molecule has 0 aliphatic heterocycles. The molecule has 0 N–H and O–H groups in total. The van der Waals surface area contributed by atoms with Crippen LogP contribution in [0.1, 0.15) is 92.6 Å². The van der Waals surface area contributed by atoms with Gasteiger partial charge in [-0.25, -0.2) is 0 Å². The van der Waals surface area contributed by atoms with Crippen molar-refractivity contribution in [3.63, 3.8) is 0 Å². The highest BCUT2D eigenvalue weighted by atomic mass is 16.3. The maximum atomic E-state index is 6.68. The van der Waals surface area contributed by atoms with E-state index < -0.39 is 0 Å². The van der Waals surface area contributed by atoms with Crippen LogP contribution < -0.4 is 4.90 Å². The first kappa shape index (κ1) is 30.1. The molecule has 254 valence electrons. The number of anilines is 1. The Balaban J connectivity index is 1.11. The van der Waals surface area contributed by atoms with Gasteiger partial charge in [-0.2, -0.15) is 0 Å². The Morgan fingerprint density at radius 1 is 0.745 bits per heavy atom. The van der Waals surface area contributed by atoms with Crippen molar-refractivity contribution in [2.24, 2.45) is 11.8 Å². The molecule has 0 saturated heterocycles. The van der Waals surface area contributed by atoms with Crippen molar-refractivity contribution in [1.82, 2.24) is 0 Å². The first-order valence-electron chi connectivity index (χ1n) is 20.0. The molecular formula is C49H47NO. The fourth-order valence-electron chi connectivity index (χ4n) is 11.8. The molecule has 0 saturated carbocycles. The van der Waals surface area contributed by atoms with Crippen molar-refractivity contribution >= 4 is 16.7 Å². The Morgan fingerprint density at radius 3 is 2.63 bits per heavy atom. The van der Waals surface area contributed by atoms with Gasteiger partial charge in [0.05, 0.1) is 11.7 Å². The number of hydrogen-bond acceptors (Lipinski definition) is 2. The second-order valence-corrected chi connectivity index (χ2v) is 16.1. The molecule has 8 aliphatic carbocycles. The van der Waals surface area contributed by atoms with E-state index in [4.69, 9.17) is 4.42 Å². The summed E-state index contributed by atoms with van der Waals surface area (Å²) < 4.78 is 6.68. The van der Waals surface area contributed by atoms with Crippen molar-refractivity contribution in [3.8, 4) is 0 Å². The molecule has 3 aromatic rings. The number of allylic oxidation sites excluding steroid dienone is 15. The number of aryl methyl sites for hydroxylation is 2. The zero-order valence-corrected chi connectivity index (χ0v) is 29.6. The molecule has 11 rings (SSSR count). The molecule has 51 heavy (non-hydrogen) atoms. The van der Waals surface area contributed by atoms with Crippen molar-refractivity contribution in [3.05, 3.63) is 171 Å². The van der Waals surface area contributed by atoms with Crippen LogP contribution in [0, 0.1) is 11.8 Å². The van der Waals surface area contributed by atoms with Gasteiger partial charge in [-0.1, -0.05) is 103 Å². The zero-order chi connectivity index (χ0) is 33.5. The predicted molar refractivity (Wildman–Crippen MR) is 210 cm³/mol. The Labute approximate surface area is 302 Å². The maximum absolute atomic E-state index is 6.68. The molecule has 1 aromatic heterocycles. The van der Waals surface area contributed by atoms with Crippen molar-refractivity contribution in [1.29, 1.82) is 0 Å². The summed E-state index contributed by atoms with van der Waals surface area (Å²) in [5.74, 6) is 2.70. The fourth-order valence-corrected chi connectivity index (χ4v) is 11.8. The molecule has 2 nitrogen and oxygen atoms in total. The average Bonchev–Trinajstić information content (AvgIpc) is 3.83. The lowest BCUT2D eigenvalue weighted by molar-refractivity contribution is 0.324. The van der Waals surface area contributed by atoms with Crippen LogP contribution in [0.15, 0.2) is 153 Å². The summed E-state index contributed by atoms with van der Waals surface area (Å²) in [6.45, 7) is 0. The van der Waals surface area contributed by atoms with E-state index in [1.165, 1.54) is 76.9 Å². The number of furan rings is 1. The number of fused-ring (bicyclic) bond motifs is 11. The van der Waals surface area contributed by atoms with Gasteiger partial charge < -0.3 is 9.32 Å². The van der Waals surface area contributed by atoms with Crippen LogP contribution >= 0.6 is 0 Å². The van der Waals surface area contributed by atoms with E-state index in [1.807, 2.05) is 0 Å². The van der Waals surface area contributed by atoms with E-state index in [0.29, 0.717) is 17.8 Å². The van der Waals surface area contributed by atoms with Gasteiger partial charge in [-0.05, 0) is 128 Å². The van der Waals surface area contributed by atoms with Crippen LogP contribution in [0.4, 0.5) is 5.69 Å². The minimum atomic E-state index is -0.0204. The highest BCUT2D eigenvalue weighted by Gasteiger charge is 2.59. The minimum absolute atomic E-state index is 0.0204. The molecule has 1 spiro atoms. The van der Waals surface area contributed by atoms with E-state index in [1.54, 1.807) is 22.3 Å². The monoisotopic (exact) mass is 665 g/mol. The number of rotatable bonds is 4. The van der Waals surface area contributed by atoms with Crippen LogP contribution in [0.5, 0.6) is 0 Å². The summed E-state index contributed by atoms with van der Waals surface area (Å²) in [5, 5.41) is 1.36. The predicted octanol–water partition coefficient (Wildman–Crippen LogP) is 12.1. The lowest BCUT2D eigenvalue weighted by atomic mass is 9.60. The van der Waals surface area contributed by atoms with Gasteiger partial charge in [-0.3, -0.25) is 0 Å².